The van der Waals surface area contributed by atoms with E-state index in [2.05, 4.69) is 0 Å². The number of benzene rings is 1. The molecule has 1 aromatic rings. The Labute approximate surface area is 77.1 Å². The molecule has 0 atom stereocenters. The molecule has 0 unspecified atom stereocenters. The maximum atomic E-state index is 10.9. The van der Waals surface area contributed by atoms with Gasteiger partial charge >= 0.3 is 0 Å². The summed E-state index contributed by atoms with van der Waals surface area (Å²) in [5.74, 6) is -0.306. The van der Waals surface area contributed by atoms with Gasteiger partial charge in [-0.05, 0) is 24.1 Å². The minimum absolute atomic E-state index is 0.216. The third kappa shape index (κ3) is 2.19. The maximum absolute atomic E-state index is 10.9. The van der Waals surface area contributed by atoms with E-state index >= 15 is 0 Å². The van der Waals surface area contributed by atoms with Crippen molar-refractivity contribution in [1.29, 1.82) is 0 Å². The monoisotopic (exact) mass is 201 g/mol. The van der Waals surface area contributed by atoms with E-state index in [-0.39, 0.29) is 10.6 Å². The molecule has 1 aromatic carbocycles. The highest BCUT2D eigenvalue weighted by Gasteiger charge is 2.13. The van der Waals surface area contributed by atoms with Crippen LogP contribution in [-0.2, 0) is 16.4 Å². The van der Waals surface area contributed by atoms with Crippen molar-refractivity contribution in [2.45, 2.75) is 18.2 Å². The number of hydrogen-bond donors (Lipinski definition) is 2. The number of hydrogen-bond acceptors (Lipinski definition) is 3. The number of rotatable bonds is 2. The van der Waals surface area contributed by atoms with Crippen LogP contribution in [-0.4, -0.2) is 13.5 Å². The van der Waals surface area contributed by atoms with Gasteiger partial charge in [-0.15, -0.1) is 0 Å². The summed E-state index contributed by atoms with van der Waals surface area (Å²) in [5, 5.41) is 14.1. The molecule has 4 nitrogen and oxygen atoms in total. The fourth-order valence-corrected chi connectivity index (χ4v) is 1.68. The highest BCUT2D eigenvalue weighted by molar-refractivity contribution is 7.89. The third-order valence-corrected chi connectivity index (χ3v) is 2.68. The molecule has 0 bridgehead atoms. The molecule has 0 heterocycles. The standard InChI is InChI=1S/C8H11NO3S/c1-2-6-3-4-7(10)8(5-6)13(9,11)12/h3-5,10H,2H2,1H3,(H2,9,11,12). The molecule has 1 rings (SSSR count). The number of aromatic hydroxyl groups is 1. The molecule has 0 aliphatic carbocycles. The van der Waals surface area contributed by atoms with Crippen LogP contribution in [0.1, 0.15) is 12.5 Å². The second-order valence-electron chi connectivity index (χ2n) is 2.70. The highest BCUT2D eigenvalue weighted by atomic mass is 32.2. The van der Waals surface area contributed by atoms with Crippen molar-refractivity contribution in [3.05, 3.63) is 23.8 Å². The van der Waals surface area contributed by atoms with E-state index in [9.17, 15) is 13.5 Å². The molecule has 0 fully saturated rings. The van der Waals surface area contributed by atoms with Crippen LogP contribution in [0, 0.1) is 0 Å². The van der Waals surface area contributed by atoms with Crippen molar-refractivity contribution in [3.8, 4) is 5.75 Å². The lowest BCUT2D eigenvalue weighted by atomic mass is 10.2. The van der Waals surface area contributed by atoms with Crippen molar-refractivity contribution >= 4 is 10.0 Å². The number of sulfonamides is 1. The maximum Gasteiger partial charge on any atom is 0.241 e. The molecule has 13 heavy (non-hydrogen) atoms. The zero-order valence-electron chi connectivity index (χ0n) is 7.19. The number of primary sulfonamides is 1. The van der Waals surface area contributed by atoms with E-state index in [4.69, 9.17) is 5.14 Å². The fraction of sp³-hybridized carbons (Fsp3) is 0.250. The Balaban J connectivity index is 3.36. The fourth-order valence-electron chi connectivity index (χ4n) is 1.01. The van der Waals surface area contributed by atoms with Gasteiger partial charge in [0, 0.05) is 0 Å². The summed E-state index contributed by atoms with van der Waals surface area (Å²) in [5.41, 5.74) is 0.821. The Hall–Kier alpha value is -1.07. The second kappa shape index (κ2) is 3.35. The topological polar surface area (TPSA) is 80.4 Å². The first kappa shape index (κ1) is 10.0. The van der Waals surface area contributed by atoms with Crippen LogP contribution >= 0.6 is 0 Å². The summed E-state index contributed by atoms with van der Waals surface area (Å²) in [6.07, 6.45) is 0.697. The molecule has 0 saturated carbocycles. The molecule has 5 heteroatoms. The molecule has 0 spiro atoms. The van der Waals surface area contributed by atoms with Crippen LogP contribution in [0.5, 0.6) is 5.75 Å². The molecule has 72 valence electrons. The summed E-state index contributed by atoms with van der Waals surface area (Å²) >= 11 is 0. The van der Waals surface area contributed by atoms with Gasteiger partial charge in [0.15, 0.2) is 0 Å². The normalized spacial score (nSPS) is 11.5. The summed E-state index contributed by atoms with van der Waals surface area (Å²) in [6.45, 7) is 1.89. The number of aryl methyl sites for hydroxylation is 1. The van der Waals surface area contributed by atoms with Gasteiger partial charge in [-0.1, -0.05) is 13.0 Å². The molecule has 0 amide bonds. The molecule has 0 aliphatic rings. The van der Waals surface area contributed by atoms with Crippen molar-refractivity contribution in [2.75, 3.05) is 0 Å². The smallest absolute Gasteiger partial charge is 0.241 e. The van der Waals surface area contributed by atoms with Crippen molar-refractivity contribution in [3.63, 3.8) is 0 Å². The minimum Gasteiger partial charge on any atom is -0.507 e. The van der Waals surface area contributed by atoms with Crippen LogP contribution in [0.15, 0.2) is 23.1 Å². The Bertz CT molecular complexity index is 411. The summed E-state index contributed by atoms with van der Waals surface area (Å²) < 4.78 is 21.9. The molecular formula is C8H11NO3S. The van der Waals surface area contributed by atoms with Crippen LogP contribution in [0.3, 0.4) is 0 Å². The van der Waals surface area contributed by atoms with E-state index in [1.165, 1.54) is 12.1 Å². The third-order valence-electron chi connectivity index (χ3n) is 1.74. The van der Waals surface area contributed by atoms with Gasteiger partial charge in [0.05, 0.1) is 0 Å². The van der Waals surface area contributed by atoms with Crippen LogP contribution in [0.4, 0.5) is 0 Å². The quantitative estimate of drug-likeness (QED) is 0.735. The minimum atomic E-state index is -3.82. The predicted octanol–water partition coefficient (Wildman–Crippen LogP) is 0.602. The van der Waals surface area contributed by atoms with E-state index in [1.54, 1.807) is 6.07 Å². The summed E-state index contributed by atoms with van der Waals surface area (Å²) in [7, 11) is -3.82. The Morgan fingerprint density at radius 1 is 1.46 bits per heavy atom. The lowest BCUT2D eigenvalue weighted by Crippen LogP contribution is -2.12. The van der Waals surface area contributed by atoms with Gasteiger partial charge in [0.2, 0.25) is 10.0 Å². The first-order valence-corrected chi connectivity index (χ1v) is 5.34. The van der Waals surface area contributed by atoms with Crippen LogP contribution in [0.25, 0.3) is 0 Å². The van der Waals surface area contributed by atoms with Crippen molar-refractivity contribution in [1.82, 2.24) is 0 Å². The van der Waals surface area contributed by atoms with Gasteiger partial charge in [0.1, 0.15) is 10.6 Å². The molecule has 0 aromatic heterocycles. The van der Waals surface area contributed by atoms with Gasteiger partial charge in [-0.25, -0.2) is 13.6 Å². The predicted molar refractivity (Wildman–Crippen MR) is 48.9 cm³/mol. The van der Waals surface area contributed by atoms with Crippen LogP contribution in [0.2, 0.25) is 0 Å². The number of nitrogens with two attached hydrogens (primary N) is 1. The van der Waals surface area contributed by atoms with Gasteiger partial charge < -0.3 is 5.11 Å². The summed E-state index contributed by atoms with van der Waals surface area (Å²) in [4.78, 5) is -0.216. The average Bonchev–Trinajstić information content (AvgIpc) is 2.03. The second-order valence-corrected chi connectivity index (χ2v) is 4.23. The van der Waals surface area contributed by atoms with Crippen molar-refractivity contribution < 1.29 is 13.5 Å². The Morgan fingerprint density at radius 3 is 2.54 bits per heavy atom. The molecule has 0 radical (unpaired) electrons. The average molecular weight is 201 g/mol. The largest absolute Gasteiger partial charge is 0.507 e. The first-order chi connectivity index (χ1) is 5.95. The lowest BCUT2D eigenvalue weighted by molar-refractivity contribution is 0.458. The first-order valence-electron chi connectivity index (χ1n) is 3.80. The van der Waals surface area contributed by atoms with Crippen molar-refractivity contribution in [2.24, 2.45) is 5.14 Å². The van der Waals surface area contributed by atoms with Gasteiger partial charge in [0.25, 0.3) is 0 Å². The van der Waals surface area contributed by atoms with E-state index in [0.717, 1.165) is 5.56 Å². The zero-order chi connectivity index (χ0) is 10.1. The molecule has 0 aliphatic heterocycles. The Morgan fingerprint density at radius 2 is 2.08 bits per heavy atom. The summed E-state index contributed by atoms with van der Waals surface area (Å²) in [6, 6.07) is 4.37. The number of phenols is 1. The molecule has 3 N–H and O–H groups in total. The highest BCUT2D eigenvalue weighted by Crippen LogP contribution is 2.22. The number of phenolic OH excluding ortho intramolecular Hbond substituents is 1. The van der Waals surface area contributed by atoms with E-state index in [0.29, 0.717) is 6.42 Å². The van der Waals surface area contributed by atoms with E-state index in [1.807, 2.05) is 6.92 Å². The SMILES string of the molecule is CCc1ccc(O)c(S(N)(=O)=O)c1. The van der Waals surface area contributed by atoms with Crippen LogP contribution < -0.4 is 5.14 Å². The van der Waals surface area contributed by atoms with E-state index < -0.39 is 10.0 Å². The van der Waals surface area contributed by atoms with Gasteiger partial charge in [-0.3, -0.25) is 0 Å². The molecular weight excluding hydrogens is 190 g/mol. The molecule has 0 saturated heterocycles. The van der Waals surface area contributed by atoms with Gasteiger partial charge in [-0.2, -0.15) is 0 Å². The zero-order valence-corrected chi connectivity index (χ0v) is 8.00. The lowest BCUT2D eigenvalue weighted by Gasteiger charge is -2.03. The Kier molecular flexibility index (Phi) is 2.58.